The summed E-state index contributed by atoms with van der Waals surface area (Å²) in [5, 5.41) is 4.18. The third-order valence-corrected chi connectivity index (χ3v) is 7.48. The first-order valence-electron chi connectivity index (χ1n) is 11.1. The predicted octanol–water partition coefficient (Wildman–Crippen LogP) is 7.39. The van der Waals surface area contributed by atoms with Crippen molar-refractivity contribution in [1.29, 1.82) is 0 Å². The number of nitrogens with zero attached hydrogens (tertiary/aromatic N) is 1. The summed E-state index contributed by atoms with van der Waals surface area (Å²) in [6, 6.07) is 31.7. The summed E-state index contributed by atoms with van der Waals surface area (Å²) in [6.07, 6.45) is 4.27. The highest BCUT2D eigenvalue weighted by Gasteiger charge is 2.26. The first kappa shape index (κ1) is 15.9. The van der Waals surface area contributed by atoms with Gasteiger partial charge in [-0.3, -0.25) is 0 Å². The van der Waals surface area contributed by atoms with Gasteiger partial charge < -0.3 is 4.40 Å². The van der Waals surface area contributed by atoms with E-state index in [0.717, 1.165) is 12.8 Å². The molecule has 1 heteroatoms. The maximum absolute atomic E-state index is 2.43. The van der Waals surface area contributed by atoms with Crippen molar-refractivity contribution in [2.45, 2.75) is 12.8 Å². The standard InChI is InChI=1S/C30H19N/c1-3-8-20-18(6-1)16-26-22(20)11-13-24-28-10-5-15-31(28)30-25(29(24)26)14-12-23-21-9-4-2-7-19(21)17-27(23)30/h1-15H,16-17H2. The van der Waals surface area contributed by atoms with Crippen LogP contribution in [0.2, 0.25) is 0 Å². The van der Waals surface area contributed by atoms with Gasteiger partial charge in [0.15, 0.2) is 0 Å². The Morgan fingerprint density at radius 2 is 1.16 bits per heavy atom. The predicted molar refractivity (Wildman–Crippen MR) is 129 cm³/mol. The van der Waals surface area contributed by atoms with Gasteiger partial charge in [-0.05, 0) is 68.4 Å². The highest BCUT2D eigenvalue weighted by atomic mass is 14.9. The minimum absolute atomic E-state index is 1.01. The van der Waals surface area contributed by atoms with Crippen LogP contribution in [0.4, 0.5) is 0 Å². The van der Waals surface area contributed by atoms with Crippen LogP contribution in [0.15, 0.2) is 91.1 Å². The Hall–Kier alpha value is -3.84. The molecule has 0 unspecified atom stereocenters. The molecule has 2 heterocycles. The molecule has 2 aliphatic rings. The Bertz CT molecular complexity index is 1730. The molecule has 8 rings (SSSR count). The van der Waals surface area contributed by atoms with E-state index in [1.807, 2.05) is 0 Å². The molecule has 0 aliphatic heterocycles. The normalized spacial score (nSPS) is 13.5. The number of benzene rings is 4. The van der Waals surface area contributed by atoms with E-state index in [1.165, 1.54) is 71.7 Å². The molecule has 144 valence electrons. The van der Waals surface area contributed by atoms with Crippen LogP contribution in [0.1, 0.15) is 22.3 Å². The zero-order valence-corrected chi connectivity index (χ0v) is 17.0. The van der Waals surface area contributed by atoms with Crippen LogP contribution in [0, 0.1) is 0 Å². The quantitative estimate of drug-likeness (QED) is 0.237. The van der Waals surface area contributed by atoms with Crippen molar-refractivity contribution in [1.82, 2.24) is 4.40 Å². The second-order valence-corrected chi connectivity index (χ2v) is 8.93. The first-order valence-corrected chi connectivity index (χ1v) is 11.1. The van der Waals surface area contributed by atoms with Gasteiger partial charge >= 0.3 is 0 Å². The fraction of sp³-hybridized carbons (Fsp3) is 0.0667. The van der Waals surface area contributed by atoms with E-state index < -0.39 is 0 Å². The fourth-order valence-electron chi connectivity index (χ4n) is 6.20. The molecule has 0 atom stereocenters. The topological polar surface area (TPSA) is 4.41 Å². The van der Waals surface area contributed by atoms with Gasteiger partial charge in [-0.1, -0.05) is 72.8 Å². The molecule has 1 nitrogen and oxygen atoms in total. The van der Waals surface area contributed by atoms with Crippen molar-refractivity contribution in [3.63, 3.8) is 0 Å². The largest absolute Gasteiger partial charge is 0.316 e. The maximum Gasteiger partial charge on any atom is 0.0576 e. The summed E-state index contributed by atoms with van der Waals surface area (Å²) in [6.45, 7) is 0. The van der Waals surface area contributed by atoms with E-state index in [9.17, 15) is 0 Å². The van der Waals surface area contributed by atoms with E-state index in [2.05, 4.69) is 95.5 Å². The lowest BCUT2D eigenvalue weighted by molar-refractivity contribution is 1.21. The Kier molecular flexibility index (Phi) is 2.80. The van der Waals surface area contributed by atoms with Gasteiger partial charge in [0, 0.05) is 23.4 Å². The van der Waals surface area contributed by atoms with Crippen LogP contribution in [-0.4, -0.2) is 4.40 Å². The zero-order valence-electron chi connectivity index (χ0n) is 17.0. The van der Waals surface area contributed by atoms with Gasteiger partial charge in [0.1, 0.15) is 0 Å². The van der Waals surface area contributed by atoms with Crippen LogP contribution < -0.4 is 0 Å². The second kappa shape index (κ2) is 5.44. The van der Waals surface area contributed by atoms with E-state index in [-0.39, 0.29) is 0 Å². The van der Waals surface area contributed by atoms with Crippen molar-refractivity contribution in [3.8, 4) is 22.3 Å². The van der Waals surface area contributed by atoms with Crippen molar-refractivity contribution >= 4 is 27.2 Å². The lowest BCUT2D eigenvalue weighted by atomic mass is 9.93. The van der Waals surface area contributed by atoms with E-state index in [0.29, 0.717) is 0 Å². The van der Waals surface area contributed by atoms with Gasteiger partial charge in [-0.2, -0.15) is 0 Å². The zero-order chi connectivity index (χ0) is 20.1. The summed E-state index contributed by atoms with van der Waals surface area (Å²) in [7, 11) is 0. The number of hydrogen-bond donors (Lipinski definition) is 0. The molecule has 0 radical (unpaired) electrons. The van der Waals surface area contributed by atoms with Gasteiger partial charge in [-0.25, -0.2) is 0 Å². The van der Waals surface area contributed by atoms with Gasteiger partial charge in [0.2, 0.25) is 0 Å². The molecule has 0 saturated heterocycles. The maximum atomic E-state index is 2.43. The number of aromatic nitrogens is 1. The molecule has 4 aromatic carbocycles. The van der Waals surface area contributed by atoms with Gasteiger partial charge in [0.05, 0.1) is 11.0 Å². The second-order valence-electron chi connectivity index (χ2n) is 8.93. The van der Waals surface area contributed by atoms with Crippen LogP contribution in [0.25, 0.3) is 49.4 Å². The van der Waals surface area contributed by atoms with Crippen LogP contribution in [0.3, 0.4) is 0 Å². The minimum atomic E-state index is 1.01. The average Bonchev–Trinajstić information content (AvgIpc) is 3.53. The monoisotopic (exact) mass is 393 g/mol. The minimum Gasteiger partial charge on any atom is -0.316 e. The van der Waals surface area contributed by atoms with Crippen molar-refractivity contribution in [3.05, 3.63) is 113 Å². The van der Waals surface area contributed by atoms with Gasteiger partial charge in [0.25, 0.3) is 0 Å². The average molecular weight is 393 g/mol. The van der Waals surface area contributed by atoms with Gasteiger partial charge in [-0.15, -0.1) is 0 Å². The smallest absolute Gasteiger partial charge is 0.0576 e. The first-order chi connectivity index (χ1) is 15.4. The molecule has 0 saturated carbocycles. The van der Waals surface area contributed by atoms with Crippen LogP contribution in [0.5, 0.6) is 0 Å². The molecule has 0 amide bonds. The van der Waals surface area contributed by atoms with Crippen molar-refractivity contribution < 1.29 is 0 Å². The van der Waals surface area contributed by atoms with Crippen molar-refractivity contribution in [2.24, 2.45) is 0 Å². The highest BCUT2D eigenvalue weighted by molar-refractivity contribution is 6.18. The SMILES string of the molecule is c1ccc2c(c1)Cc1c-2ccc2c1c1ccc3c(c1n1cccc21)Cc1ccccc1-3. The highest BCUT2D eigenvalue weighted by Crippen LogP contribution is 2.47. The molecule has 6 aromatic rings. The number of pyridine rings is 1. The molecule has 0 bridgehead atoms. The summed E-state index contributed by atoms with van der Waals surface area (Å²) in [5.74, 6) is 0. The lowest BCUT2D eigenvalue weighted by Crippen LogP contribution is -1.97. The van der Waals surface area contributed by atoms with Crippen LogP contribution >= 0.6 is 0 Å². The summed E-state index contributed by atoms with van der Waals surface area (Å²) < 4.78 is 2.43. The summed E-state index contributed by atoms with van der Waals surface area (Å²) in [4.78, 5) is 0. The Morgan fingerprint density at radius 1 is 0.516 bits per heavy atom. The lowest BCUT2D eigenvalue weighted by Gasteiger charge is -2.16. The molecule has 31 heavy (non-hydrogen) atoms. The van der Waals surface area contributed by atoms with Crippen LogP contribution in [-0.2, 0) is 12.8 Å². The number of hydrogen-bond acceptors (Lipinski definition) is 0. The number of fused-ring (bicyclic) bond motifs is 14. The molecule has 0 fully saturated rings. The van der Waals surface area contributed by atoms with E-state index in [1.54, 1.807) is 0 Å². The molecule has 2 aliphatic carbocycles. The fourth-order valence-corrected chi connectivity index (χ4v) is 6.20. The molecular weight excluding hydrogens is 374 g/mol. The Balaban J connectivity index is 1.57. The summed E-state index contributed by atoms with van der Waals surface area (Å²) >= 11 is 0. The van der Waals surface area contributed by atoms with Crippen molar-refractivity contribution in [2.75, 3.05) is 0 Å². The molecule has 0 N–H and O–H groups in total. The molecule has 2 aromatic heterocycles. The number of rotatable bonds is 0. The third-order valence-electron chi connectivity index (χ3n) is 7.48. The Labute approximate surface area is 180 Å². The Morgan fingerprint density at radius 3 is 1.94 bits per heavy atom. The third kappa shape index (κ3) is 1.88. The van der Waals surface area contributed by atoms with E-state index >= 15 is 0 Å². The molecule has 0 spiro atoms. The summed E-state index contributed by atoms with van der Waals surface area (Å²) in [5.41, 5.74) is 14.1. The molecular formula is C30H19N. The van der Waals surface area contributed by atoms with E-state index in [4.69, 9.17) is 0 Å².